The Labute approximate surface area is 205 Å². The number of hydrogen-bond acceptors (Lipinski definition) is 5. The number of nitrogens with one attached hydrogen (secondary N) is 1. The van der Waals surface area contributed by atoms with Gasteiger partial charge in [0.05, 0.1) is 17.4 Å². The third-order valence-corrected chi connectivity index (χ3v) is 6.00. The van der Waals surface area contributed by atoms with Crippen LogP contribution in [0, 0.1) is 0 Å². The standard InChI is InChI=1S/C28H30N2O5/c31-26(30-25-11-5-4-10-24(25)28(32)33)12-6-7-20-13-18-27(29-19-20)35-23-16-14-22(15-17-23)34-21-8-2-1-3-9-21/h4-5,10-11,13-19,21H,1-3,6-9,12H2,(H,30,31)(H,32,33). The number of nitrogens with zero attached hydrogens (tertiary/aromatic N) is 1. The van der Waals surface area contributed by atoms with Crippen LogP contribution < -0.4 is 14.8 Å². The maximum atomic E-state index is 12.2. The van der Waals surface area contributed by atoms with Crippen molar-refractivity contribution in [2.75, 3.05) is 5.32 Å². The summed E-state index contributed by atoms with van der Waals surface area (Å²) in [7, 11) is 0. The number of carbonyl (C=O) groups excluding carboxylic acids is 1. The Kier molecular flexibility index (Phi) is 8.33. The molecule has 1 heterocycles. The highest BCUT2D eigenvalue weighted by Crippen LogP contribution is 2.26. The molecule has 2 N–H and O–H groups in total. The smallest absolute Gasteiger partial charge is 0.337 e. The maximum Gasteiger partial charge on any atom is 0.337 e. The zero-order chi connectivity index (χ0) is 24.5. The van der Waals surface area contributed by atoms with Crippen LogP contribution in [0.1, 0.15) is 60.9 Å². The molecule has 7 heteroatoms. The second kappa shape index (κ2) is 12.0. The van der Waals surface area contributed by atoms with Gasteiger partial charge in [0.15, 0.2) is 0 Å². The van der Waals surface area contributed by atoms with Crippen LogP contribution in [0.25, 0.3) is 0 Å². The van der Waals surface area contributed by atoms with E-state index < -0.39 is 5.97 Å². The number of rotatable bonds is 10. The van der Waals surface area contributed by atoms with E-state index in [1.807, 2.05) is 36.4 Å². The van der Waals surface area contributed by atoms with Gasteiger partial charge in [0.25, 0.3) is 0 Å². The number of aromatic nitrogens is 1. The molecule has 0 aliphatic heterocycles. The van der Waals surface area contributed by atoms with Crippen molar-refractivity contribution >= 4 is 17.6 Å². The molecule has 35 heavy (non-hydrogen) atoms. The van der Waals surface area contributed by atoms with Crippen molar-refractivity contribution in [3.05, 3.63) is 78.0 Å². The number of amides is 1. The number of anilines is 1. The molecule has 182 valence electrons. The molecule has 4 rings (SSSR count). The fraction of sp³-hybridized carbons (Fsp3) is 0.321. The van der Waals surface area contributed by atoms with Gasteiger partial charge in [0, 0.05) is 18.7 Å². The van der Waals surface area contributed by atoms with Crippen molar-refractivity contribution < 1.29 is 24.2 Å². The molecule has 1 fully saturated rings. The number of carboxylic acid groups (broad SMARTS) is 1. The zero-order valence-corrected chi connectivity index (χ0v) is 19.6. The Balaban J connectivity index is 1.21. The highest BCUT2D eigenvalue weighted by Gasteiger charge is 2.15. The van der Waals surface area contributed by atoms with Crippen molar-refractivity contribution in [2.45, 2.75) is 57.5 Å². The molecule has 0 saturated heterocycles. The molecule has 0 spiro atoms. The predicted molar refractivity (Wildman–Crippen MR) is 133 cm³/mol. The Hall–Kier alpha value is -3.87. The lowest BCUT2D eigenvalue weighted by Crippen LogP contribution is -2.19. The summed E-state index contributed by atoms with van der Waals surface area (Å²) in [5, 5.41) is 11.9. The molecule has 1 saturated carbocycles. The minimum atomic E-state index is -1.07. The van der Waals surface area contributed by atoms with Gasteiger partial charge in [-0.05, 0) is 80.5 Å². The Morgan fingerprint density at radius 2 is 1.69 bits per heavy atom. The number of benzene rings is 2. The molecule has 3 aromatic rings. The van der Waals surface area contributed by atoms with E-state index in [1.165, 1.54) is 25.3 Å². The fourth-order valence-corrected chi connectivity index (χ4v) is 4.15. The minimum absolute atomic E-state index is 0.0760. The van der Waals surface area contributed by atoms with Gasteiger partial charge in [-0.2, -0.15) is 0 Å². The van der Waals surface area contributed by atoms with Crippen molar-refractivity contribution in [2.24, 2.45) is 0 Å². The largest absolute Gasteiger partial charge is 0.490 e. The van der Waals surface area contributed by atoms with E-state index in [9.17, 15) is 14.7 Å². The Morgan fingerprint density at radius 1 is 0.943 bits per heavy atom. The maximum absolute atomic E-state index is 12.2. The fourth-order valence-electron chi connectivity index (χ4n) is 4.15. The molecular weight excluding hydrogens is 444 g/mol. The lowest BCUT2D eigenvalue weighted by molar-refractivity contribution is -0.116. The van der Waals surface area contributed by atoms with Gasteiger partial charge in [-0.3, -0.25) is 4.79 Å². The van der Waals surface area contributed by atoms with Crippen LogP contribution in [-0.4, -0.2) is 28.1 Å². The van der Waals surface area contributed by atoms with Gasteiger partial charge in [-0.1, -0.05) is 24.6 Å². The molecule has 1 aliphatic carbocycles. The van der Waals surface area contributed by atoms with E-state index in [4.69, 9.17) is 9.47 Å². The van der Waals surface area contributed by atoms with Crippen LogP contribution in [0.3, 0.4) is 0 Å². The number of aryl methyl sites for hydroxylation is 1. The molecule has 0 unspecified atom stereocenters. The summed E-state index contributed by atoms with van der Waals surface area (Å²) in [6.45, 7) is 0. The summed E-state index contributed by atoms with van der Waals surface area (Å²) < 4.78 is 11.9. The van der Waals surface area contributed by atoms with E-state index in [0.717, 1.165) is 24.2 Å². The summed E-state index contributed by atoms with van der Waals surface area (Å²) in [4.78, 5) is 27.8. The van der Waals surface area contributed by atoms with E-state index >= 15 is 0 Å². The van der Waals surface area contributed by atoms with Crippen LogP contribution in [-0.2, 0) is 11.2 Å². The summed E-state index contributed by atoms with van der Waals surface area (Å²) in [6.07, 6.45) is 9.66. The summed E-state index contributed by atoms with van der Waals surface area (Å²) in [5.74, 6) is 0.765. The number of para-hydroxylation sites is 1. The first-order valence-corrected chi connectivity index (χ1v) is 12.1. The summed E-state index contributed by atoms with van der Waals surface area (Å²) >= 11 is 0. The number of pyridine rings is 1. The van der Waals surface area contributed by atoms with Crippen molar-refractivity contribution in [3.63, 3.8) is 0 Å². The zero-order valence-electron chi connectivity index (χ0n) is 19.6. The van der Waals surface area contributed by atoms with E-state index in [-0.39, 0.29) is 17.9 Å². The molecule has 1 amide bonds. The molecule has 0 bridgehead atoms. The molecule has 1 aliphatic rings. The second-order valence-electron chi connectivity index (χ2n) is 8.71. The SMILES string of the molecule is O=C(CCCc1ccc(Oc2ccc(OC3CCCCC3)cc2)nc1)Nc1ccccc1C(=O)O. The van der Waals surface area contributed by atoms with Crippen LogP contribution in [0.4, 0.5) is 5.69 Å². The van der Waals surface area contributed by atoms with E-state index in [0.29, 0.717) is 36.3 Å². The normalized spacial score (nSPS) is 13.7. The first-order valence-electron chi connectivity index (χ1n) is 12.1. The van der Waals surface area contributed by atoms with Gasteiger partial charge in [-0.15, -0.1) is 0 Å². The number of carbonyl (C=O) groups is 2. The molecule has 1 aromatic heterocycles. The number of hydrogen-bond donors (Lipinski definition) is 2. The van der Waals surface area contributed by atoms with Crippen LogP contribution >= 0.6 is 0 Å². The van der Waals surface area contributed by atoms with Crippen LogP contribution in [0.5, 0.6) is 17.4 Å². The summed E-state index contributed by atoms with van der Waals surface area (Å²) in [5.41, 5.74) is 1.38. The van der Waals surface area contributed by atoms with Crippen LogP contribution in [0.2, 0.25) is 0 Å². The quantitative estimate of drug-likeness (QED) is 0.361. The monoisotopic (exact) mass is 474 g/mol. The van der Waals surface area contributed by atoms with Gasteiger partial charge in [-0.25, -0.2) is 9.78 Å². The van der Waals surface area contributed by atoms with Crippen molar-refractivity contribution in [3.8, 4) is 17.4 Å². The lowest BCUT2D eigenvalue weighted by Gasteiger charge is -2.23. The van der Waals surface area contributed by atoms with Gasteiger partial charge in [0.2, 0.25) is 11.8 Å². The second-order valence-corrected chi connectivity index (χ2v) is 8.71. The summed E-state index contributed by atoms with van der Waals surface area (Å²) in [6, 6.07) is 17.7. The predicted octanol–water partition coefficient (Wildman–Crippen LogP) is 6.25. The van der Waals surface area contributed by atoms with Gasteiger partial charge >= 0.3 is 5.97 Å². The first kappa shape index (κ1) is 24.3. The highest BCUT2D eigenvalue weighted by molar-refractivity contribution is 6.00. The average Bonchev–Trinajstić information content (AvgIpc) is 2.87. The topological polar surface area (TPSA) is 97.8 Å². The Bertz CT molecular complexity index is 1120. The number of carboxylic acids is 1. The molecule has 0 atom stereocenters. The third-order valence-electron chi connectivity index (χ3n) is 6.00. The first-order chi connectivity index (χ1) is 17.1. The molecular formula is C28H30N2O5. The number of aromatic carboxylic acids is 1. The van der Waals surface area contributed by atoms with E-state index in [1.54, 1.807) is 24.4 Å². The van der Waals surface area contributed by atoms with Gasteiger partial charge in [0.1, 0.15) is 11.5 Å². The number of ether oxygens (including phenoxy) is 2. The van der Waals surface area contributed by atoms with Gasteiger partial charge < -0.3 is 19.9 Å². The Morgan fingerprint density at radius 3 is 2.40 bits per heavy atom. The van der Waals surface area contributed by atoms with Crippen LogP contribution in [0.15, 0.2) is 66.9 Å². The molecule has 7 nitrogen and oxygen atoms in total. The average molecular weight is 475 g/mol. The molecule has 0 radical (unpaired) electrons. The minimum Gasteiger partial charge on any atom is -0.490 e. The van der Waals surface area contributed by atoms with Crippen molar-refractivity contribution in [1.29, 1.82) is 0 Å². The lowest BCUT2D eigenvalue weighted by atomic mass is 9.98. The highest BCUT2D eigenvalue weighted by atomic mass is 16.5. The molecule has 2 aromatic carbocycles. The third kappa shape index (κ3) is 7.30. The van der Waals surface area contributed by atoms with E-state index in [2.05, 4.69) is 10.3 Å². The van der Waals surface area contributed by atoms with Crippen molar-refractivity contribution in [1.82, 2.24) is 4.98 Å².